The van der Waals surface area contributed by atoms with E-state index < -0.39 is 5.38 Å². The number of likely N-dealkylation sites (tertiary alicyclic amines) is 1. The van der Waals surface area contributed by atoms with Crippen molar-refractivity contribution < 1.29 is 9.32 Å². The molecule has 5 nitrogen and oxygen atoms in total. The Morgan fingerprint density at radius 1 is 1.43 bits per heavy atom. The van der Waals surface area contributed by atoms with Gasteiger partial charge >= 0.3 is 0 Å². The lowest BCUT2D eigenvalue weighted by molar-refractivity contribution is -0.135. The van der Waals surface area contributed by atoms with Gasteiger partial charge in [0, 0.05) is 17.1 Å². The van der Waals surface area contributed by atoms with Crippen molar-refractivity contribution in [2.75, 3.05) is 6.54 Å². The Morgan fingerprint density at radius 3 is 3.00 bits per heavy atom. The SMILES string of the molecule is CC(Cl)C(=O)N1CCCCC1c1nc(-c2cccc(Cl)c2)no1. The highest BCUT2D eigenvalue weighted by molar-refractivity contribution is 6.31. The number of alkyl halides is 1. The summed E-state index contributed by atoms with van der Waals surface area (Å²) >= 11 is 12.0. The number of hydrogen-bond donors (Lipinski definition) is 0. The van der Waals surface area contributed by atoms with Crippen molar-refractivity contribution in [3.05, 3.63) is 35.2 Å². The lowest BCUT2D eigenvalue weighted by atomic mass is 10.0. The number of halogens is 2. The van der Waals surface area contributed by atoms with Gasteiger partial charge in [-0.3, -0.25) is 4.79 Å². The first-order valence-corrected chi connectivity index (χ1v) is 8.42. The molecule has 1 fully saturated rings. The fraction of sp³-hybridized carbons (Fsp3) is 0.438. The summed E-state index contributed by atoms with van der Waals surface area (Å²) in [6, 6.07) is 7.05. The van der Waals surface area contributed by atoms with Gasteiger partial charge in [0.25, 0.3) is 0 Å². The van der Waals surface area contributed by atoms with Crippen molar-refractivity contribution in [3.63, 3.8) is 0 Å². The summed E-state index contributed by atoms with van der Waals surface area (Å²) in [7, 11) is 0. The van der Waals surface area contributed by atoms with Crippen LogP contribution < -0.4 is 0 Å². The third-order valence-corrected chi connectivity index (χ3v) is 4.36. The first-order valence-electron chi connectivity index (χ1n) is 7.60. The van der Waals surface area contributed by atoms with Gasteiger partial charge in [-0.05, 0) is 38.3 Å². The average Bonchev–Trinajstić information content (AvgIpc) is 3.04. The van der Waals surface area contributed by atoms with Crippen LogP contribution in [-0.2, 0) is 4.79 Å². The molecule has 0 saturated carbocycles. The minimum atomic E-state index is -0.564. The summed E-state index contributed by atoms with van der Waals surface area (Å²) in [5.41, 5.74) is 0.784. The molecule has 1 amide bonds. The van der Waals surface area contributed by atoms with Gasteiger partial charge in [0.1, 0.15) is 11.4 Å². The van der Waals surface area contributed by atoms with Crippen molar-refractivity contribution in [2.45, 2.75) is 37.6 Å². The van der Waals surface area contributed by atoms with E-state index in [1.807, 2.05) is 12.1 Å². The zero-order chi connectivity index (χ0) is 16.4. The van der Waals surface area contributed by atoms with Gasteiger partial charge in [-0.25, -0.2) is 0 Å². The van der Waals surface area contributed by atoms with Gasteiger partial charge in [0.05, 0.1) is 0 Å². The Balaban J connectivity index is 1.87. The molecule has 1 aromatic carbocycles. The zero-order valence-corrected chi connectivity index (χ0v) is 14.2. The number of carbonyl (C=O) groups excluding carboxylic acids is 1. The van der Waals surface area contributed by atoms with Crippen molar-refractivity contribution in [1.82, 2.24) is 15.0 Å². The molecule has 1 saturated heterocycles. The fourth-order valence-corrected chi connectivity index (χ4v) is 3.11. The molecule has 2 aromatic rings. The van der Waals surface area contributed by atoms with Crippen LogP contribution in [0.2, 0.25) is 5.02 Å². The van der Waals surface area contributed by atoms with Crippen LogP contribution in [0.1, 0.15) is 38.1 Å². The standard InChI is InChI=1S/C16H17Cl2N3O2/c1-10(17)16(22)21-8-3-2-7-13(21)15-19-14(20-23-15)11-5-4-6-12(18)9-11/h4-6,9-10,13H,2-3,7-8H2,1H3. The molecule has 7 heteroatoms. The third-order valence-electron chi connectivity index (χ3n) is 3.94. The van der Waals surface area contributed by atoms with Gasteiger partial charge < -0.3 is 9.42 Å². The highest BCUT2D eigenvalue weighted by Gasteiger charge is 2.33. The summed E-state index contributed by atoms with van der Waals surface area (Å²) in [5, 5.41) is 4.07. The normalized spacial score (nSPS) is 19.6. The highest BCUT2D eigenvalue weighted by atomic mass is 35.5. The number of amides is 1. The van der Waals surface area contributed by atoms with Gasteiger partial charge in [0.15, 0.2) is 0 Å². The summed E-state index contributed by atoms with van der Waals surface area (Å²) < 4.78 is 5.42. The monoisotopic (exact) mass is 353 g/mol. The van der Waals surface area contributed by atoms with E-state index in [1.54, 1.807) is 24.0 Å². The second-order valence-electron chi connectivity index (χ2n) is 5.63. The maximum absolute atomic E-state index is 12.3. The lowest BCUT2D eigenvalue weighted by Gasteiger charge is -2.34. The molecule has 0 radical (unpaired) electrons. The second-order valence-corrected chi connectivity index (χ2v) is 6.72. The molecule has 122 valence electrons. The number of piperidine rings is 1. The van der Waals surface area contributed by atoms with E-state index in [2.05, 4.69) is 10.1 Å². The summed E-state index contributed by atoms with van der Waals surface area (Å²) in [4.78, 5) is 18.5. The Labute approximate surface area is 144 Å². The number of carbonyl (C=O) groups is 1. The zero-order valence-electron chi connectivity index (χ0n) is 12.7. The van der Waals surface area contributed by atoms with Crippen molar-refractivity contribution in [2.24, 2.45) is 0 Å². The number of rotatable bonds is 3. The van der Waals surface area contributed by atoms with Crippen LogP contribution in [0, 0.1) is 0 Å². The van der Waals surface area contributed by atoms with Crippen LogP contribution in [0.5, 0.6) is 0 Å². The van der Waals surface area contributed by atoms with Crippen LogP contribution in [0.15, 0.2) is 28.8 Å². The number of benzene rings is 1. The van der Waals surface area contributed by atoms with Crippen molar-refractivity contribution >= 4 is 29.1 Å². The van der Waals surface area contributed by atoms with Gasteiger partial charge in [-0.1, -0.05) is 28.9 Å². The molecule has 0 bridgehead atoms. The first-order chi connectivity index (χ1) is 11.1. The Kier molecular flexibility index (Phi) is 4.87. The van der Waals surface area contributed by atoms with Crippen LogP contribution >= 0.6 is 23.2 Å². The quantitative estimate of drug-likeness (QED) is 0.780. The predicted octanol–water partition coefficient (Wildman–Crippen LogP) is 4.07. The van der Waals surface area contributed by atoms with Gasteiger partial charge in [0.2, 0.25) is 17.6 Å². The maximum Gasteiger partial charge on any atom is 0.249 e. The third kappa shape index (κ3) is 3.51. The Hall–Kier alpha value is -1.59. The van der Waals surface area contributed by atoms with E-state index in [0.29, 0.717) is 23.3 Å². The minimum absolute atomic E-state index is 0.0983. The Morgan fingerprint density at radius 2 is 2.26 bits per heavy atom. The molecule has 2 heterocycles. The van der Waals surface area contributed by atoms with E-state index in [-0.39, 0.29) is 11.9 Å². The molecule has 0 spiro atoms. The average molecular weight is 354 g/mol. The lowest BCUT2D eigenvalue weighted by Crippen LogP contribution is -2.41. The number of hydrogen-bond acceptors (Lipinski definition) is 4. The second kappa shape index (κ2) is 6.89. The fourth-order valence-electron chi connectivity index (χ4n) is 2.80. The molecule has 1 aromatic heterocycles. The smallest absolute Gasteiger partial charge is 0.249 e. The van der Waals surface area contributed by atoms with Gasteiger partial charge in [-0.15, -0.1) is 11.6 Å². The van der Waals surface area contributed by atoms with Crippen molar-refractivity contribution in [1.29, 1.82) is 0 Å². The molecule has 3 rings (SSSR count). The van der Waals surface area contributed by atoms with Gasteiger partial charge in [-0.2, -0.15) is 4.98 Å². The number of nitrogens with zero attached hydrogens (tertiary/aromatic N) is 3. The van der Waals surface area contributed by atoms with E-state index in [4.69, 9.17) is 27.7 Å². The molecule has 23 heavy (non-hydrogen) atoms. The maximum atomic E-state index is 12.3. The first kappa shape index (κ1) is 16.3. The van der Waals surface area contributed by atoms with Crippen LogP contribution in [0.3, 0.4) is 0 Å². The molecule has 1 aliphatic rings. The summed E-state index contributed by atoms with van der Waals surface area (Å²) in [6.45, 7) is 2.34. The van der Waals surface area contributed by atoms with Crippen molar-refractivity contribution in [3.8, 4) is 11.4 Å². The topological polar surface area (TPSA) is 59.2 Å². The molecular weight excluding hydrogens is 337 g/mol. The van der Waals surface area contributed by atoms with Crippen LogP contribution in [0.25, 0.3) is 11.4 Å². The molecular formula is C16H17Cl2N3O2. The molecule has 2 atom stereocenters. The molecule has 2 unspecified atom stereocenters. The summed E-state index contributed by atoms with van der Waals surface area (Å²) in [5.74, 6) is 0.823. The van der Waals surface area contributed by atoms with E-state index >= 15 is 0 Å². The Bertz CT molecular complexity index is 702. The van der Waals surface area contributed by atoms with Crippen LogP contribution in [0.4, 0.5) is 0 Å². The highest BCUT2D eigenvalue weighted by Crippen LogP contribution is 2.32. The predicted molar refractivity (Wildman–Crippen MR) is 88.4 cm³/mol. The number of aromatic nitrogens is 2. The van der Waals surface area contributed by atoms with E-state index in [9.17, 15) is 4.79 Å². The van der Waals surface area contributed by atoms with Crippen LogP contribution in [-0.4, -0.2) is 32.9 Å². The van der Waals surface area contributed by atoms with E-state index in [0.717, 1.165) is 24.8 Å². The largest absolute Gasteiger partial charge is 0.337 e. The molecule has 0 aliphatic carbocycles. The van der Waals surface area contributed by atoms with E-state index in [1.165, 1.54) is 0 Å². The summed E-state index contributed by atoms with van der Waals surface area (Å²) in [6.07, 6.45) is 2.77. The molecule has 0 N–H and O–H groups in total. The molecule has 1 aliphatic heterocycles. The minimum Gasteiger partial charge on any atom is -0.337 e.